The number of benzene rings is 1. The van der Waals surface area contributed by atoms with Crippen LogP contribution in [0.4, 0.5) is 5.69 Å². The Hall–Kier alpha value is -2.44. The lowest BCUT2D eigenvalue weighted by Crippen LogP contribution is -2.01. The molecule has 0 atom stereocenters. The molecule has 0 spiro atoms. The van der Waals surface area contributed by atoms with Crippen molar-refractivity contribution in [2.24, 2.45) is 0 Å². The fourth-order valence-corrected chi connectivity index (χ4v) is 1.93. The van der Waals surface area contributed by atoms with Gasteiger partial charge in [0.25, 0.3) is 0 Å². The molecule has 1 aromatic heterocycles. The molecule has 0 radical (unpaired) electrons. The van der Waals surface area contributed by atoms with Crippen LogP contribution in [0.3, 0.4) is 0 Å². The molecular weight excluding hydrogens is 248 g/mol. The first kappa shape index (κ1) is 13.0. The fourth-order valence-electron chi connectivity index (χ4n) is 1.93. The van der Waals surface area contributed by atoms with E-state index in [0.29, 0.717) is 11.4 Å². The molecule has 1 aromatic carbocycles. The van der Waals surface area contributed by atoms with Crippen molar-refractivity contribution in [2.45, 2.75) is 19.9 Å². The van der Waals surface area contributed by atoms with Gasteiger partial charge in [0.1, 0.15) is 6.33 Å². The predicted molar refractivity (Wildman–Crippen MR) is 69.0 cm³/mol. The van der Waals surface area contributed by atoms with Crippen LogP contribution < -0.4 is 4.74 Å². The Morgan fingerprint density at radius 3 is 2.89 bits per heavy atom. The van der Waals surface area contributed by atoms with Crippen molar-refractivity contribution in [2.75, 3.05) is 7.11 Å². The van der Waals surface area contributed by atoms with Crippen LogP contribution in [0.15, 0.2) is 24.5 Å². The highest BCUT2D eigenvalue weighted by atomic mass is 16.6. The smallest absolute Gasteiger partial charge is 0.311 e. The lowest BCUT2D eigenvalue weighted by Gasteiger charge is -2.09. The average molecular weight is 262 g/mol. The first-order chi connectivity index (χ1) is 9.19. The Kier molecular flexibility index (Phi) is 3.74. The third kappa shape index (κ3) is 2.40. The number of hydrogen-bond acceptors (Lipinski definition) is 5. The second-order valence-electron chi connectivity index (χ2n) is 3.96. The highest BCUT2D eigenvalue weighted by Crippen LogP contribution is 2.36. The van der Waals surface area contributed by atoms with Crippen molar-refractivity contribution in [1.29, 1.82) is 0 Å². The van der Waals surface area contributed by atoms with Gasteiger partial charge in [0.15, 0.2) is 5.82 Å². The number of para-hydroxylation sites is 1. The van der Waals surface area contributed by atoms with Gasteiger partial charge in [-0.15, -0.1) is 10.2 Å². The van der Waals surface area contributed by atoms with E-state index in [-0.39, 0.29) is 11.4 Å². The zero-order chi connectivity index (χ0) is 13.8. The second-order valence-corrected chi connectivity index (χ2v) is 3.96. The van der Waals surface area contributed by atoms with Gasteiger partial charge in [-0.3, -0.25) is 10.1 Å². The second kappa shape index (κ2) is 5.47. The van der Waals surface area contributed by atoms with E-state index in [0.717, 1.165) is 13.0 Å². The Morgan fingerprint density at radius 1 is 1.47 bits per heavy atom. The summed E-state index contributed by atoms with van der Waals surface area (Å²) >= 11 is 0. The van der Waals surface area contributed by atoms with Crippen LogP contribution >= 0.6 is 0 Å². The molecular formula is C12H14N4O3. The standard InChI is InChI=1S/C12H14N4O3/c1-3-7-15-8-13-14-12(15)9-5-4-6-10(16(17)18)11(9)19-2/h4-6,8H,3,7H2,1-2H3. The Balaban J connectivity index is 2.58. The third-order valence-corrected chi connectivity index (χ3v) is 2.72. The largest absolute Gasteiger partial charge is 0.490 e. The number of methoxy groups -OCH3 is 1. The minimum absolute atomic E-state index is 0.0777. The van der Waals surface area contributed by atoms with Crippen molar-refractivity contribution in [3.8, 4) is 17.1 Å². The molecule has 0 bridgehead atoms. The lowest BCUT2D eigenvalue weighted by molar-refractivity contribution is -0.385. The zero-order valence-corrected chi connectivity index (χ0v) is 10.7. The van der Waals surface area contributed by atoms with E-state index < -0.39 is 4.92 Å². The quantitative estimate of drug-likeness (QED) is 0.609. The summed E-state index contributed by atoms with van der Waals surface area (Å²) in [6.45, 7) is 2.78. The SMILES string of the molecule is CCCn1cnnc1-c1cccc([N+](=O)[O-])c1OC. The Morgan fingerprint density at radius 2 is 2.26 bits per heavy atom. The van der Waals surface area contributed by atoms with E-state index in [1.54, 1.807) is 18.5 Å². The Bertz CT molecular complexity index is 594. The molecule has 0 amide bonds. The third-order valence-electron chi connectivity index (χ3n) is 2.72. The molecule has 0 saturated carbocycles. The van der Waals surface area contributed by atoms with Gasteiger partial charge in [-0.25, -0.2) is 0 Å². The minimum Gasteiger partial charge on any atom is -0.490 e. The van der Waals surface area contributed by atoms with Gasteiger partial charge in [-0.2, -0.15) is 0 Å². The topological polar surface area (TPSA) is 83.1 Å². The fraction of sp³-hybridized carbons (Fsp3) is 0.333. The van der Waals surface area contributed by atoms with Gasteiger partial charge >= 0.3 is 5.69 Å². The predicted octanol–water partition coefficient (Wildman–Crippen LogP) is 2.27. The van der Waals surface area contributed by atoms with Gasteiger partial charge < -0.3 is 9.30 Å². The van der Waals surface area contributed by atoms with Gasteiger partial charge in [-0.05, 0) is 12.5 Å². The number of hydrogen-bond donors (Lipinski definition) is 0. The summed E-state index contributed by atoms with van der Waals surface area (Å²) in [7, 11) is 1.41. The molecule has 0 saturated heterocycles. The molecule has 0 fully saturated rings. The molecule has 0 unspecified atom stereocenters. The zero-order valence-electron chi connectivity index (χ0n) is 10.7. The normalized spacial score (nSPS) is 10.4. The van der Waals surface area contributed by atoms with Gasteiger partial charge in [0, 0.05) is 12.6 Å². The van der Waals surface area contributed by atoms with Crippen LogP contribution in [0.5, 0.6) is 5.75 Å². The van der Waals surface area contributed by atoms with Crippen LogP contribution in [0, 0.1) is 10.1 Å². The van der Waals surface area contributed by atoms with Crippen LogP contribution in [-0.2, 0) is 6.54 Å². The van der Waals surface area contributed by atoms with Crippen LogP contribution in [0.2, 0.25) is 0 Å². The molecule has 0 aliphatic heterocycles. The summed E-state index contributed by atoms with van der Waals surface area (Å²) < 4.78 is 7.02. The van der Waals surface area contributed by atoms with Crippen molar-refractivity contribution < 1.29 is 9.66 Å². The summed E-state index contributed by atoms with van der Waals surface area (Å²) in [4.78, 5) is 10.5. The van der Waals surface area contributed by atoms with Crippen molar-refractivity contribution in [3.05, 3.63) is 34.6 Å². The maximum absolute atomic E-state index is 11.0. The Labute approximate surface area is 110 Å². The number of rotatable bonds is 5. The molecule has 0 aliphatic rings. The highest BCUT2D eigenvalue weighted by molar-refractivity contribution is 5.71. The van der Waals surface area contributed by atoms with Gasteiger partial charge in [0.05, 0.1) is 17.6 Å². The van der Waals surface area contributed by atoms with Crippen LogP contribution in [-0.4, -0.2) is 26.8 Å². The molecule has 2 aromatic rings. The minimum atomic E-state index is -0.469. The van der Waals surface area contributed by atoms with E-state index in [9.17, 15) is 10.1 Å². The summed E-state index contributed by atoms with van der Waals surface area (Å²) in [5, 5.41) is 18.9. The maximum Gasteiger partial charge on any atom is 0.311 e. The first-order valence-electron chi connectivity index (χ1n) is 5.88. The van der Waals surface area contributed by atoms with Crippen molar-refractivity contribution >= 4 is 5.69 Å². The number of aromatic nitrogens is 3. The summed E-state index contributed by atoms with van der Waals surface area (Å²) in [6.07, 6.45) is 2.53. The van der Waals surface area contributed by atoms with E-state index in [1.165, 1.54) is 13.2 Å². The molecule has 1 heterocycles. The summed E-state index contributed by atoms with van der Waals surface area (Å²) in [6, 6.07) is 4.76. The number of nitrogens with zero attached hydrogens (tertiary/aromatic N) is 4. The molecule has 0 N–H and O–H groups in total. The summed E-state index contributed by atoms with van der Waals surface area (Å²) in [5.74, 6) is 0.778. The van der Waals surface area contributed by atoms with E-state index in [2.05, 4.69) is 10.2 Å². The molecule has 7 nitrogen and oxygen atoms in total. The van der Waals surface area contributed by atoms with Crippen molar-refractivity contribution in [3.63, 3.8) is 0 Å². The van der Waals surface area contributed by atoms with Crippen LogP contribution in [0.25, 0.3) is 11.4 Å². The molecule has 100 valence electrons. The van der Waals surface area contributed by atoms with Gasteiger partial charge in [0.2, 0.25) is 5.75 Å². The maximum atomic E-state index is 11.0. The average Bonchev–Trinajstić information content (AvgIpc) is 2.86. The van der Waals surface area contributed by atoms with Gasteiger partial charge in [-0.1, -0.05) is 13.0 Å². The number of nitro groups is 1. The highest BCUT2D eigenvalue weighted by Gasteiger charge is 2.21. The van der Waals surface area contributed by atoms with Crippen LogP contribution in [0.1, 0.15) is 13.3 Å². The number of aryl methyl sites for hydroxylation is 1. The molecule has 0 aliphatic carbocycles. The first-order valence-corrected chi connectivity index (χ1v) is 5.88. The van der Waals surface area contributed by atoms with E-state index in [4.69, 9.17) is 4.74 Å². The van der Waals surface area contributed by atoms with Crippen molar-refractivity contribution in [1.82, 2.24) is 14.8 Å². The molecule has 7 heteroatoms. The van der Waals surface area contributed by atoms with E-state index >= 15 is 0 Å². The molecule has 19 heavy (non-hydrogen) atoms. The monoisotopic (exact) mass is 262 g/mol. The van der Waals surface area contributed by atoms with E-state index in [1.807, 2.05) is 11.5 Å². The number of ether oxygens (including phenoxy) is 1. The molecule has 2 rings (SSSR count). The number of nitro benzene ring substituents is 1. The summed E-state index contributed by atoms with van der Waals surface area (Å²) in [5.41, 5.74) is 0.494. The lowest BCUT2D eigenvalue weighted by atomic mass is 10.1.